The topological polar surface area (TPSA) is 52.1 Å². The van der Waals surface area contributed by atoms with Gasteiger partial charge in [0.1, 0.15) is 6.33 Å². The highest BCUT2D eigenvalue weighted by atomic mass is 16.5. The monoisotopic (exact) mass is 164 g/mol. The lowest BCUT2D eigenvalue weighted by atomic mass is 10.2. The summed E-state index contributed by atoms with van der Waals surface area (Å²) in [6.45, 7) is 3.54. The average Bonchev–Trinajstić information content (AvgIpc) is 2.17. The highest BCUT2D eigenvalue weighted by molar-refractivity contribution is 6.15. The van der Waals surface area contributed by atoms with E-state index in [9.17, 15) is 4.79 Å². The van der Waals surface area contributed by atoms with Crippen LogP contribution in [-0.4, -0.2) is 23.0 Å². The zero-order valence-corrected chi connectivity index (χ0v) is 6.65. The van der Waals surface area contributed by atoms with Crippen molar-refractivity contribution in [3.63, 3.8) is 0 Å². The molecule has 62 valence electrons. The normalized spacial score (nSPS) is 9.08. The molecule has 1 aromatic heterocycles. The molecule has 4 nitrogen and oxygen atoms in total. The highest BCUT2D eigenvalue weighted by Gasteiger charge is 2.08. The summed E-state index contributed by atoms with van der Waals surface area (Å²) < 4.78 is 4.47. The average molecular weight is 164 g/mol. The lowest BCUT2D eigenvalue weighted by molar-refractivity contribution is -0.133. The summed E-state index contributed by atoms with van der Waals surface area (Å²) in [5.41, 5.74) is 0.836. The van der Waals surface area contributed by atoms with Crippen molar-refractivity contribution >= 4 is 11.5 Å². The minimum Gasteiger partial charge on any atom is -0.465 e. The molecule has 0 aliphatic carbocycles. The number of methoxy groups -OCH3 is 1. The summed E-state index contributed by atoms with van der Waals surface area (Å²) >= 11 is 0. The number of esters is 1. The fraction of sp³-hybridized carbons (Fsp3) is 0.125. The second kappa shape index (κ2) is 3.61. The molecule has 0 spiro atoms. The van der Waals surface area contributed by atoms with Crippen molar-refractivity contribution in [2.75, 3.05) is 7.11 Å². The van der Waals surface area contributed by atoms with Crippen molar-refractivity contribution in [3.05, 3.63) is 30.9 Å². The molecule has 0 N–H and O–H groups in total. The van der Waals surface area contributed by atoms with Gasteiger partial charge in [0.2, 0.25) is 0 Å². The van der Waals surface area contributed by atoms with Gasteiger partial charge >= 0.3 is 5.97 Å². The number of hydrogen-bond donors (Lipinski definition) is 0. The Hall–Kier alpha value is -1.71. The molecule has 0 bridgehead atoms. The van der Waals surface area contributed by atoms with Gasteiger partial charge in [-0.25, -0.2) is 14.8 Å². The van der Waals surface area contributed by atoms with Crippen molar-refractivity contribution in [1.29, 1.82) is 0 Å². The third kappa shape index (κ3) is 1.66. The second-order valence-corrected chi connectivity index (χ2v) is 2.10. The van der Waals surface area contributed by atoms with Crippen LogP contribution in [0, 0.1) is 0 Å². The summed E-state index contributed by atoms with van der Waals surface area (Å²) in [6, 6.07) is 0. The van der Waals surface area contributed by atoms with E-state index in [0.29, 0.717) is 5.56 Å². The molecule has 0 radical (unpaired) electrons. The highest BCUT2D eigenvalue weighted by Crippen LogP contribution is 2.09. The smallest absolute Gasteiger partial charge is 0.337 e. The van der Waals surface area contributed by atoms with Crippen LogP contribution in [-0.2, 0) is 9.53 Å². The molecule has 1 aromatic rings. The SMILES string of the molecule is C=C(C(=O)OC)c1cncnc1. The van der Waals surface area contributed by atoms with Crippen LogP contribution in [0.5, 0.6) is 0 Å². The summed E-state index contributed by atoms with van der Waals surface area (Å²) in [6.07, 6.45) is 4.40. The van der Waals surface area contributed by atoms with Gasteiger partial charge < -0.3 is 4.74 Å². The Kier molecular flexibility index (Phi) is 2.53. The Bertz CT molecular complexity index is 295. The molecule has 12 heavy (non-hydrogen) atoms. The molecule has 0 amide bonds. The second-order valence-electron chi connectivity index (χ2n) is 2.10. The summed E-state index contributed by atoms with van der Waals surface area (Å²) in [7, 11) is 1.30. The van der Waals surface area contributed by atoms with Crippen molar-refractivity contribution < 1.29 is 9.53 Å². The minimum absolute atomic E-state index is 0.262. The maximum Gasteiger partial charge on any atom is 0.337 e. The standard InChI is InChI=1S/C8H8N2O2/c1-6(8(11)12-2)7-3-9-5-10-4-7/h3-5H,1H2,2H3. The Balaban J connectivity index is 2.86. The van der Waals surface area contributed by atoms with E-state index in [4.69, 9.17) is 0 Å². The third-order valence-electron chi connectivity index (χ3n) is 1.34. The number of carbonyl (C=O) groups excluding carboxylic acids is 1. The lowest BCUT2D eigenvalue weighted by Crippen LogP contribution is -2.02. The quantitative estimate of drug-likeness (QED) is 0.476. The van der Waals surface area contributed by atoms with Crippen LogP contribution in [0.3, 0.4) is 0 Å². The fourth-order valence-corrected chi connectivity index (χ4v) is 0.696. The molecule has 1 heterocycles. The summed E-state index contributed by atoms with van der Waals surface area (Å²) in [5.74, 6) is -0.468. The van der Waals surface area contributed by atoms with E-state index in [1.807, 2.05) is 0 Å². The van der Waals surface area contributed by atoms with Gasteiger partial charge in [-0.3, -0.25) is 0 Å². The fourth-order valence-electron chi connectivity index (χ4n) is 0.696. The lowest BCUT2D eigenvalue weighted by Gasteiger charge is -2.00. The number of hydrogen-bond acceptors (Lipinski definition) is 4. The van der Waals surface area contributed by atoms with Crippen LogP contribution in [0.15, 0.2) is 25.3 Å². The van der Waals surface area contributed by atoms with Gasteiger partial charge in [0, 0.05) is 18.0 Å². The molecule has 0 fully saturated rings. The Morgan fingerprint density at radius 1 is 1.50 bits per heavy atom. The molecule has 0 saturated heterocycles. The third-order valence-corrected chi connectivity index (χ3v) is 1.34. The number of nitrogens with zero attached hydrogens (tertiary/aromatic N) is 2. The first kappa shape index (κ1) is 8.39. The van der Waals surface area contributed by atoms with E-state index >= 15 is 0 Å². The van der Waals surface area contributed by atoms with Gasteiger partial charge in [0.25, 0.3) is 0 Å². The van der Waals surface area contributed by atoms with Gasteiger partial charge in [0.05, 0.1) is 12.7 Å². The first-order valence-electron chi connectivity index (χ1n) is 3.28. The predicted molar refractivity (Wildman–Crippen MR) is 43.1 cm³/mol. The van der Waals surface area contributed by atoms with Crippen LogP contribution in [0.1, 0.15) is 5.56 Å². The number of rotatable bonds is 2. The van der Waals surface area contributed by atoms with Crippen LogP contribution >= 0.6 is 0 Å². The van der Waals surface area contributed by atoms with Gasteiger partial charge in [-0.2, -0.15) is 0 Å². The maximum absolute atomic E-state index is 10.9. The first-order valence-corrected chi connectivity index (χ1v) is 3.28. The van der Waals surface area contributed by atoms with Crippen LogP contribution in [0.25, 0.3) is 5.57 Å². The molecule has 0 aromatic carbocycles. The molecular formula is C8H8N2O2. The van der Waals surface area contributed by atoms with Crippen molar-refractivity contribution in [3.8, 4) is 0 Å². The number of carbonyl (C=O) groups is 1. The van der Waals surface area contributed by atoms with Crippen molar-refractivity contribution in [2.45, 2.75) is 0 Å². The maximum atomic E-state index is 10.9. The van der Waals surface area contributed by atoms with Gasteiger partial charge in [0.15, 0.2) is 0 Å². The van der Waals surface area contributed by atoms with Gasteiger partial charge in [-0.15, -0.1) is 0 Å². The number of ether oxygens (including phenoxy) is 1. The van der Waals surface area contributed by atoms with Crippen LogP contribution in [0.4, 0.5) is 0 Å². The van der Waals surface area contributed by atoms with E-state index in [-0.39, 0.29) is 5.57 Å². The minimum atomic E-state index is -0.468. The Labute approximate surface area is 69.9 Å². The summed E-state index contributed by atoms with van der Waals surface area (Å²) in [4.78, 5) is 18.4. The molecule has 0 atom stereocenters. The molecule has 1 rings (SSSR count). The molecule has 0 unspecified atom stereocenters. The summed E-state index contributed by atoms with van der Waals surface area (Å²) in [5, 5.41) is 0. The largest absolute Gasteiger partial charge is 0.465 e. The Morgan fingerprint density at radius 2 is 2.08 bits per heavy atom. The molecular weight excluding hydrogens is 156 g/mol. The van der Waals surface area contributed by atoms with Gasteiger partial charge in [-0.1, -0.05) is 6.58 Å². The van der Waals surface area contributed by atoms with E-state index in [2.05, 4.69) is 21.3 Å². The molecule has 0 aliphatic heterocycles. The van der Waals surface area contributed by atoms with E-state index in [1.54, 1.807) is 0 Å². The molecule has 0 saturated carbocycles. The molecule has 0 aliphatic rings. The van der Waals surface area contributed by atoms with E-state index < -0.39 is 5.97 Å². The Morgan fingerprint density at radius 3 is 2.58 bits per heavy atom. The van der Waals surface area contributed by atoms with Gasteiger partial charge in [-0.05, 0) is 0 Å². The van der Waals surface area contributed by atoms with Crippen LogP contribution in [0.2, 0.25) is 0 Å². The van der Waals surface area contributed by atoms with Crippen molar-refractivity contribution in [2.24, 2.45) is 0 Å². The zero-order chi connectivity index (χ0) is 8.97. The molecule has 4 heteroatoms. The van der Waals surface area contributed by atoms with Crippen molar-refractivity contribution in [1.82, 2.24) is 9.97 Å². The first-order chi connectivity index (χ1) is 5.75. The van der Waals surface area contributed by atoms with E-state index in [1.165, 1.54) is 25.8 Å². The number of aromatic nitrogens is 2. The zero-order valence-electron chi connectivity index (χ0n) is 6.65. The van der Waals surface area contributed by atoms with Crippen LogP contribution < -0.4 is 0 Å². The predicted octanol–water partition coefficient (Wildman–Crippen LogP) is 0.663. The van der Waals surface area contributed by atoms with E-state index in [0.717, 1.165) is 0 Å².